The summed E-state index contributed by atoms with van der Waals surface area (Å²) in [6, 6.07) is 17.0. The average molecular weight is 486 g/mol. The van der Waals surface area contributed by atoms with Crippen molar-refractivity contribution in [1.82, 2.24) is 0 Å². The van der Waals surface area contributed by atoms with Crippen LogP contribution in [0, 0.1) is 5.82 Å². The maximum atomic E-state index is 13.5. The monoisotopic (exact) mass is 485 g/mol. The summed E-state index contributed by atoms with van der Waals surface area (Å²) in [7, 11) is -4.17. The summed E-state index contributed by atoms with van der Waals surface area (Å²) in [5.41, 5.74) is 0.967. The highest BCUT2D eigenvalue weighted by molar-refractivity contribution is 7.92. The maximum Gasteiger partial charge on any atom is 0.264 e. The van der Waals surface area contributed by atoms with Crippen molar-refractivity contribution in [3.63, 3.8) is 0 Å². The minimum atomic E-state index is -4.17. The van der Waals surface area contributed by atoms with E-state index >= 15 is 0 Å². The number of benzene rings is 3. The lowest BCUT2D eigenvalue weighted by atomic mass is 10.2. The lowest BCUT2D eigenvalue weighted by molar-refractivity contribution is -0.115. The van der Waals surface area contributed by atoms with Gasteiger partial charge in [-0.3, -0.25) is 13.9 Å². The van der Waals surface area contributed by atoms with E-state index in [0.29, 0.717) is 23.7 Å². The molecule has 0 heterocycles. The number of hydrogen-bond acceptors (Lipinski definition) is 5. The zero-order chi connectivity index (χ0) is 24.7. The number of nitrogens with one attached hydrogen (secondary N) is 2. The van der Waals surface area contributed by atoms with Crippen molar-refractivity contribution in [1.29, 1.82) is 0 Å². The first-order valence-electron chi connectivity index (χ1n) is 10.4. The van der Waals surface area contributed by atoms with Gasteiger partial charge < -0.3 is 15.4 Å². The van der Waals surface area contributed by atoms with Crippen LogP contribution in [0.25, 0.3) is 0 Å². The summed E-state index contributed by atoms with van der Waals surface area (Å²) in [5, 5.41) is 5.23. The third-order valence-electron chi connectivity index (χ3n) is 4.59. The smallest absolute Gasteiger partial charge is 0.264 e. The fourth-order valence-corrected chi connectivity index (χ4v) is 4.55. The third-order valence-corrected chi connectivity index (χ3v) is 6.38. The second kappa shape index (κ2) is 10.8. The number of ether oxygens (including phenoxy) is 1. The van der Waals surface area contributed by atoms with Crippen LogP contribution in [0.4, 0.5) is 21.5 Å². The van der Waals surface area contributed by atoms with Gasteiger partial charge in [0.2, 0.25) is 11.8 Å². The molecule has 2 amide bonds. The van der Waals surface area contributed by atoms with Gasteiger partial charge in [0.25, 0.3) is 10.0 Å². The zero-order valence-electron chi connectivity index (χ0n) is 18.6. The van der Waals surface area contributed by atoms with Crippen molar-refractivity contribution in [3.05, 3.63) is 78.6 Å². The first-order valence-corrected chi connectivity index (χ1v) is 11.8. The second-order valence-corrected chi connectivity index (χ2v) is 9.06. The Bertz CT molecular complexity index is 1260. The van der Waals surface area contributed by atoms with Gasteiger partial charge in [-0.05, 0) is 73.7 Å². The van der Waals surface area contributed by atoms with Crippen LogP contribution in [0.5, 0.6) is 5.75 Å². The molecule has 3 aromatic rings. The number of rotatable bonds is 9. The van der Waals surface area contributed by atoms with Crippen LogP contribution in [0.1, 0.15) is 13.8 Å². The lowest BCUT2D eigenvalue weighted by Crippen LogP contribution is -2.38. The predicted molar refractivity (Wildman–Crippen MR) is 128 cm³/mol. The van der Waals surface area contributed by atoms with Crippen LogP contribution in [0.15, 0.2) is 77.7 Å². The van der Waals surface area contributed by atoms with Gasteiger partial charge in [0.05, 0.1) is 17.2 Å². The highest BCUT2D eigenvalue weighted by Gasteiger charge is 2.27. The Morgan fingerprint density at radius 2 is 1.56 bits per heavy atom. The highest BCUT2D eigenvalue weighted by atomic mass is 32.2. The van der Waals surface area contributed by atoms with E-state index < -0.39 is 28.3 Å². The van der Waals surface area contributed by atoms with Crippen LogP contribution in [-0.4, -0.2) is 33.4 Å². The Kier molecular flexibility index (Phi) is 7.85. The predicted octanol–water partition coefficient (Wildman–Crippen LogP) is 4.02. The van der Waals surface area contributed by atoms with Crippen molar-refractivity contribution < 1.29 is 27.1 Å². The molecule has 0 unspecified atom stereocenters. The first kappa shape index (κ1) is 24.7. The number of sulfonamides is 1. The molecule has 10 heteroatoms. The Hall–Kier alpha value is -3.92. The molecule has 0 aliphatic heterocycles. The minimum absolute atomic E-state index is 0.0549. The van der Waals surface area contributed by atoms with Gasteiger partial charge in [0.1, 0.15) is 18.1 Å². The van der Waals surface area contributed by atoms with E-state index in [2.05, 4.69) is 10.6 Å². The van der Waals surface area contributed by atoms with E-state index in [-0.39, 0.29) is 16.5 Å². The van der Waals surface area contributed by atoms with Crippen molar-refractivity contribution in [2.45, 2.75) is 18.7 Å². The summed E-state index contributed by atoms with van der Waals surface area (Å²) in [5.74, 6) is -0.931. The normalized spacial score (nSPS) is 10.9. The van der Waals surface area contributed by atoms with Gasteiger partial charge in [-0.2, -0.15) is 0 Å². The van der Waals surface area contributed by atoms with E-state index in [1.807, 2.05) is 6.92 Å². The van der Waals surface area contributed by atoms with Gasteiger partial charge in [0, 0.05) is 18.3 Å². The molecule has 2 N–H and O–H groups in total. The lowest BCUT2D eigenvalue weighted by Gasteiger charge is -2.24. The van der Waals surface area contributed by atoms with Crippen LogP contribution in [0.3, 0.4) is 0 Å². The quantitative estimate of drug-likeness (QED) is 0.476. The van der Waals surface area contributed by atoms with Gasteiger partial charge >= 0.3 is 0 Å². The molecular formula is C24H24FN3O5S. The van der Waals surface area contributed by atoms with E-state index in [1.54, 1.807) is 24.3 Å². The molecule has 0 aliphatic rings. The molecule has 0 radical (unpaired) electrons. The average Bonchev–Trinajstić information content (AvgIpc) is 2.78. The van der Waals surface area contributed by atoms with Crippen molar-refractivity contribution in [2.24, 2.45) is 0 Å². The Morgan fingerprint density at radius 1 is 0.941 bits per heavy atom. The van der Waals surface area contributed by atoms with Crippen molar-refractivity contribution in [2.75, 3.05) is 28.1 Å². The van der Waals surface area contributed by atoms with Crippen molar-refractivity contribution >= 4 is 38.9 Å². The van der Waals surface area contributed by atoms with Crippen LogP contribution in [-0.2, 0) is 19.6 Å². The molecule has 0 aliphatic carbocycles. The van der Waals surface area contributed by atoms with E-state index in [9.17, 15) is 22.4 Å². The highest BCUT2D eigenvalue weighted by Crippen LogP contribution is 2.26. The minimum Gasteiger partial charge on any atom is -0.494 e. The van der Waals surface area contributed by atoms with E-state index in [0.717, 1.165) is 16.4 Å². The molecule has 0 aromatic heterocycles. The molecule has 0 bridgehead atoms. The summed E-state index contributed by atoms with van der Waals surface area (Å²) in [4.78, 5) is 24.0. The standard InChI is InChI=1S/C24H24FN3O5S/c1-3-33-22-11-13-23(14-12-22)34(31,32)28(21-9-7-18(25)8-10-21)16-24(30)27-20-6-4-5-19(15-20)26-17(2)29/h4-15H,3,16H2,1-2H3,(H,26,29)(H,27,30). The molecular weight excluding hydrogens is 461 g/mol. The third kappa shape index (κ3) is 6.32. The van der Waals surface area contributed by atoms with E-state index in [1.165, 1.54) is 43.3 Å². The SMILES string of the molecule is CCOc1ccc(S(=O)(=O)N(CC(=O)Nc2cccc(NC(C)=O)c2)c2ccc(F)cc2)cc1. The van der Waals surface area contributed by atoms with Crippen molar-refractivity contribution in [3.8, 4) is 5.75 Å². The number of nitrogens with zero attached hydrogens (tertiary/aromatic N) is 1. The fraction of sp³-hybridized carbons (Fsp3) is 0.167. The molecule has 0 spiro atoms. The van der Waals surface area contributed by atoms with Crippen LogP contribution < -0.4 is 19.7 Å². The van der Waals surface area contributed by atoms with Gasteiger partial charge in [-0.15, -0.1) is 0 Å². The molecule has 8 nitrogen and oxygen atoms in total. The molecule has 3 rings (SSSR count). The first-order chi connectivity index (χ1) is 16.2. The zero-order valence-corrected chi connectivity index (χ0v) is 19.4. The maximum absolute atomic E-state index is 13.5. The topological polar surface area (TPSA) is 105 Å². The van der Waals surface area contributed by atoms with E-state index in [4.69, 9.17) is 4.74 Å². The van der Waals surface area contributed by atoms with Gasteiger partial charge in [-0.1, -0.05) is 6.07 Å². The number of hydrogen-bond donors (Lipinski definition) is 2. The summed E-state index contributed by atoms with van der Waals surface area (Å²) < 4.78 is 46.6. The second-order valence-electron chi connectivity index (χ2n) is 7.20. The molecule has 0 saturated carbocycles. The molecule has 178 valence electrons. The van der Waals surface area contributed by atoms with Gasteiger partial charge in [0.15, 0.2) is 0 Å². The number of anilines is 3. The molecule has 0 saturated heterocycles. The van der Waals surface area contributed by atoms with Gasteiger partial charge in [-0.25, -0.2) is 12.8 Å². The molecule has 3 aromatic carbocycles. The fourth-order valence-electron chi connectivity index (χ4n) is 3.13. The largest absolute Gasteiger partial charge is 0.494 e. The number of amides is 2. The number of halogens is 1. The molecule has 0 atom stereocenters. The Balaban J connectivity index is 1.88. The number of carbonyl (C=O) groups is 2. The summed E-state index contributed by atoms with van der Waals surface area (Å²) in [6.07, 6.45) is 0. The molecule has 34 heavy (non-hydrogen) atoms. The number of carbonyl (C=O) groups excluding carboxylic acids is 2. The van der Waals surface area contributed by atoms with Crippen LogP contribution >= 0.6 is 0 Å². The Labute approximate surface area is 197 Å². The summed E-state index contributed by atoms with van der Waals surface area (Å²) >= 11 is 0. The van der Waals surface area contributed by atoms with Crippen LogP contribution in [0.2, 0.25) is 0 Å². The Morgan fingerprint density at radius 3 is 2.15 bits per heavy atom. The summed E-state index contributed by atoms with van der Waals surface area (Å²) in [6.45, 7) is 3.03. The molecule has 0 fully saturated rings.